The molecule has 0 spiro atoms. The summed E-state index contributed by atoms with van der Waals surface area (Å²) < 4.78 is 0. The van der Waals surface area contributed by atoms with E-state index in [1.54, 1.807) is 4.90 Å². The van der Waals surface area contributed by atoms with Gasteiger partial charge in [-0.3, -0.25) is 14.9 Å². The van der Waals surface area contributed by atoms with Crippen LogP contribution in [0.25, 0.3) is 0 Å². The van der Waals surface area contributed by atoms with Crippen molar-refractivity contribution in [3.05, 3.63) is 49.5 Å². The topological polar surface area (TPSA) is 63.5 Å². The maximum absolute atomic E-state index is 12.3. The van der Waals surface area contributed by atoms with Crippen LogP contribution in [0, 0.1) is 10.1 Å². The lowest BCUT2D eigenvalue weighted by Crippen LogP contribution is -2.34. The Balaban J connectivity index is 2.33. The molecule has 0 unspecified atom stereocenters. The van der Waals surface area contributed by atoms with Gasteiger partial charge in [-0.05, 0) is 19.4 Å². The third-order valence-corrected chi connectivity index (χ3v) is 3.97. The Morgan fingerprint density at radius 3 is 2.65 bits per heavy atom. The third kappa shape index (κ3) is 2.94. The zero-order valence-electron chi connectivity index (χ0n) is 10.7. The van der Waals surface area contributed by atoms with E-state index in [0.717, 1.165) is 6.42 Å². The lowest BCUT2D eigenvalue weighted by molar-refractivity contribution is -0.384. The van der Waals surface area contributed by atoms with E-state index in [-0.39, 0.29) is 27.2 Å². The summed E-state index contributed by atoms with van der Waals surface area (Å²) in [4.78, 5) is 24.2. The van der Waals surface area contributed by atoms with Gasteiger partial charge in [0.2, 0.25) is 0 Å². The van der Waals surface area contributed by atoms with E-state index >= 15 is 0 Å². The molecular weight excluding hydrogens is 303 g/mol. The molecule has 0 aromatic heterocycles. The predicted molar refractivity (Wildman–Crippen MR) is 77.4 cm³/mol. The van der Waals surface area contributed by atoms with Crippen LogP contribution in [0.4, 0.5) is 5.69 Å². The minimum absolute atomic E-state index is 0.00736. The van der Waals surface area contributed by atoms with Crippen molar-refractivity contribution in [3.8, 4) is 0 Å². The Bertz CT molecular complexity index is 614. The molecule has 20 heavy (non-hydrogen) atoms. The Labute approximate surface area is 125 Å². The number of nitro groups is 1. The minimum atomic E-state index is -0.648. The molecule has 0 fully saturated rings. The van der Waals surface area contributed by atoms with Crippen LogP contribution in [0.1, 0.15) is 23.7 Å². The third-order valence-electron chi connectivity index (χ3n) is 3.18. The molecular formula is C13H12Cl2N2O3. The molecule has 1 amide bonds. The zero-order chi connectivity index (χ0) is 14.9. The number of carbonyl (C=O) groups is 1. The second-order valence-electron chi connectivity index (χ2n) is 4.60. The monoisotopic (exact) mass is 314 g/mol. The number of halogens is 2. The summed E-state index contributed by atoms with van der Waals surface area (Å²) in [5, 5.41) is 10.8. The standard InChI is InChI=1S/C13H12Cl2N2O3/c1-8-2-4-16(5-3-8)13(18)9-6-10(14)12(15)11(7-9)17(19)20/h2,6-7H,3-5H2,1H3. The van der Waals surface area contributed by atoms with Gasteiger partial charge in [0.05, 0.1) is 9.95 Å². The number of nitrogens with zero attached hydrogens (tertiary/aromatic N) is 2. The van der Waals surface area contributed by atoms with E-state index < -0.39 is 4.92 Å². The summed E-state index contributed by atoms with van der Waals surface area (Å²) in [6, 6.07) is 2.53. The van der Waals surface area contributed by atoms with Crippen molar-refractivity contribution < 1.29 is 9.72 Å². The van der Waals surface area contributed by atoms with Crippen LogP contribution in [-0.4, -0.2) is 28.8 Å². The van der Waals surface area contributed by atoms with Crippen LogP contribution < -0.4 is 0 Å². The Hall–Kier alpha value is -1.59. The van der Waals surface area contributed by atoms with Crippen LogP contribution in [0.15, 0.2) is 23.8 Å². The fraction of sp³-hybridized carbons (Fsp3) is 0.308. The van der Waals surface area contributed by atoms with Crippen LogP contribution in [0.5, 0.6) is 0 Å². The Kier molecular flexibility index (Phi) is 4.30. The van der Waals surface area contributed by atoms with Crippen molar-refractivity contribution in [1.29, 1.82) is 0 Å². The number of hydrogen-bond acceptors (Lipinski definition) is 3. The lowest BCUT2D eigenvalue weighted by Gasteiger charge is -2.25. The van der Waals surface area contributed by atoms with Crippen molar-refractivity contribution in [2.45, 2.75) is 13.3 Å². The SMILES string of the molecule is CC1=CCN(C(=O)c2cc(Cl)c(Cl)c([N+](=O)[O-])c2)CC1. The van der Waals surface area contributed by atoms with Crippen molar-refractivity contribution in [2.24, 2.45) is 0 Å². The highest BCUT2D eigenvalue weighted by Crippen LogP contribution is 2.33. The molecule has 7 heteroatoms. The van der Waals surface area contributed by atoms with Gasteiger partial charge in [0.1, 0.15) is 5.02 Å². The Morgan fingerprint density at radius 2 is 2.10 bits per heavy atom. The second-order valence-corrected chi connectivity index (χ2v) is 5.39. The van der Waals surface area contributed by atoms with E-state index in [1.165, 1.54) is 17.7 Å². The molecule has 2 rings (SSSR count). The van der Waals surface area contributed by atoms with E-state index in [1.807, 2.05) is 13.0 Å². The fourth-order valence-corrected chi connectivity index (χ4v) is 2.36. The van der Waals surface area contributed by atoms with Crippen LogP contribution in [-0.2, 0) is 0 Å². The summed E-state index contributed by atoms with van der Waals surface area (Å²) in [5.41, 5.74) is 1.06. The van der Waals surface area contributed by atoms with E-state index in [4.69, 9.17) is 23.2 Å². The maximum atomic E-state index is 12.3. The lowest BCUT2D eigenvalue weighted by atomic mass is 10.1. The maximum Gasteiger partial charge on any atom is 0.290 e. The molecule has 0 N–H and O–H groups in total. The number of rotatable bonds is 2. The minimum Gasteiger partial charge on any atom is -0.335 e. The van der Waals surface area contributed by atoms with Crippen LogP contribution >= 0.6 is 23.2 Å². The molecule has 0 saturated carbocycles. The molecule has 106 valence electrons. The van der Waals surface area contributed by atoms with E-state index in [2.05, 4.69) is 0 Å². The van der Waals surface area contributed by atoms with E-state index in [9.17, 15) is 14.9 Å². The quantitative estimate of drug-likeness (QED) is 0.475. The smallest absolute Gasteiger partial charge is 0.290 e. The highest BCUT2D eigenvalue weighted by atomic mass is 35.5. The first-order valence-corrected chi connectivity index (χ1v) is 6.74. The van der Waals surface area contributed by atoms with Gasteiger partial charge in [-0.25, -0.2) is 0 Å². The average Bonchev–Trinajstić information content (AvgIpc) is 2.41. The molecule has 0 saturated heterocycles. The average molecular weight is 315 g/mol. The summed E-state index contributed by atoms with van der Waals surface area (Å²) >= 11 is 11.6. The summed E-state index contributed by atoms with van der Waals surface area (Å²) in [5.74, 6) is -0.282. The van der Waals surface area contributed by atoms with Crippen molar-refractivity contribution >= 4 is 34.8 Å². The molecule has 0 radical (unpaired) electrons. The molecule has 0 bridgehead atoms. The van der Waals surface area contributed by atoms with Gasteiger partial charge >= 0.3 is 0 Å². The van der Waals surface area contributed by atoms with Gasteiger partial charge in [-0.1, -0.05) is 34.9 Å². The molecule has 1 aromatic rings. The first-order valence-electron chi connectivity index (χ1n) is 5.98. The summed E-state index contributed by atoms with van der Waals surface area (Å²) in [7, 11) is 0. The van der Waals surface area contributed by atoms with Gasteiger partial charge in [0.15, 0.2) is 0 Å². The largest absolute Gasteiger partial charge is 0.335 e. The number of hydrogen-bond donors (Lipinski definition) is 0. The fourth-order valence-electron chi connectivity index (χ4n) is 1.97. The van der Waals surface area contributed by atoms with Gasteiger partial charge in [0.25, 0.3) is 11.6 Å². The summed E-state index contributed by atoms with van der Waals surface area (Å²) in [6.07, 6.45) is 2.77. The van der Waals surface area contributed by atoms with E-state index in [0.29, 0.717) is 13.1 Å². The molecule has 1 aliphatic rings. The van der Waals surface area contributed by atoms with Crippen LogP contribution in [0.2, 0.25) is 10.0 Å². The van der Waals surface area contributed by atoms with Gasteiger partial charge < -0.3 is 4.90 Å². The number of amides is 1. The van der Waals surface area contributed by atoms with Gasteiger partial charge in [-0.15, -0.1) is 0 Å². The van der Waals surface area contributed by atoms with Crippen molar-refractivity contribution in [1.82, 2.24) is 4.90 Å². The molecule has 5 nitrogen and oxygen atoms in total. The first-order chi connectivity index (χ1) is 9.40. The second kappa shape index (κ2) is 5.81. The number of carbonyl (C=O) groups excluding carboxylic acids is 1. The van der Waals surface area contributed by atoms with Crippen molar-refractivity contribution in [2.75, 3.05) is 13.1 Å². The Morgan fingerprint density at radius 1 is 1.40 bits per heavy atom. The normalized spacial score (nSPS) is 14.9. The molecule has 1 heterocycles. The number of benzene rings is 1. The molecule has 0 atom stereocenters. The first kappa shape index (κ1) is 14.8. The molecule has 1 aromatic carbocycles. The van der Waals surface area contributed by atoms with Gasteiger partial charge in [-0.2, -0.15) is 0 Å². The van der Waals surface area contributed by atoms with Gasteiger partial charge in [0, 0.05) is 24.7 Å². The number of nitro benzene ring substituents is 1. The highest BCUT2D eigenvalue weighted by molar-refractivity contribution is 6.43. The highest BCUT2D eigenvalue weighted by Gasteiger charge is 2.23. The summed E-state index contributed by atoms with van der Waals surface area (Å²) in [6.45, 7) is 3.10. The van der Waals surface area contributed by atoms with Crippen molar-refractivity contribution in [3.63, 3.8) is 0 Å². The predicted octanol–water partition coefficient (Wildman–Crippen LogP) is 3.69. The molecule has 1 aliphatic heterocycles. The molecule has 0 aliphatic carbocycles. The van der Waals surface area contributed by atoms with Crippen LogP contribution in [0.3, 0.4) is 0 Å². The zero-order valence-corrected chi connectivity index (χ0v) is 12.2.